The second-order valence-corrected chi connectivity index (χ2v) is 4.21. The average Bonchev–Trinajstić information content (AvgIpc) is 2.90. The molecule has 0 bridgehead atoms. The van der Waals surface area contributed by atoms with Crippen LogP contribution in [0.15, 0.2) is 16.7 Å². The van der Waals surface area contributed by atoms with E-state index in [0.717, 1.165) is 16.7 Å². The Hall–Kier alpha value is -1.80. The number of rotatable bonds is 3. The van der Waals surface area contributed by atoms with Crippen LogP contribution in [0, 0.1) is 0 Å². The summed E-state index contributed by atoms with van der Waals surface area (Å²) < 4.78 is 4.95. The Kier molecular flexibility index (Phi) is 3.16. The zero-order chi connectivity index (χ0) is 12.4. The van der Waals surface area contributed by atoms with Crippen LogP contribution in [-0.4, -0.2) is 27.7 Å². The largest absolute Gasteiger partial charge is 0.459 e. The number of nitrogens with one attached hydrogen (secondary N) is 1. The molecule has 3 N–H and O–H groups in total. The van der Waals surface area contributed by atoms with E-state index in [2.05, 4.69) is 0 Å². The highest BCUT2D eigenvalue weighted by Crippen LogP contribution is 2.22. The molecule has 0 aliphatic carbocycles. The van der Waals surface area contributed by atoms with Crippen LogP contribution in [0.25, 0.3) is 0 Å². The van der Waals surface area contributed by atoms with Crippen LogP contribution < -0.4 is 11.3 Å². The van der Waals surface area contributed by atoms with Gasteiger partial charge in [-0.1, -0.05) is 11.8 Å². The van der Waals surface area contributed by atoms with E-state index in [1.165, 1.54) is 12.3 Å². The van der Waals surface area contributed by atoms with Gasteiger partial charge in [-0.3, -0.25) is 24.7 Å². The third kappa shape index (κ3) is 2.17. The number of nitrogens with zero attached hydrogens (tertiary/aromatic N) is 1. The molecule has 0 saturated carbocycles. The van der Waals surface area contributed by atoms with Crippen molar-refractivity contribution in [2.75, 3.05) is 5.75 Å². The fourth-order valence-electron chi connectivity index (χ4n) is 1.43. The molecule has 0 unspecified atom stereocenters. The topological polar surface area (TPSA) is 106 Å². The van der Waals surface area contributed by atoms with Crippen molar-refractivity contribution in [3.05, 3.63) is 23.7 Å². The highest BCUT2D eigenvalue weighted by molar-refractivity contribution is 8.14. The Bertz CT molecular complexity index is 468. The van der Waals surface area contributed by atoms with Crippen molar-refractivity contribution in [2.24, 2.45) is 5.84 Å². The van der Waals surface area contributed by atoms with E-state index in [9.17, 15) is 14.4 Å². The van der Waals surface area contributed by atoms with E-state index in [4.69, 9.17) is 10.3 Å². The van der Waals surface area contributed by atoms with Gasteiger partial charge in [0.2, 0.25) is 5.91 Å². The van der Waals surface area contributed by atoms with Crippen molar-refractivity contribution in [1.29, 1.82) is 0 Å². The number of nitrogens with two attached hydrogens (primary N) is 1. The van der Waals surface area contributed by atoms with Gasteiger partial charge in [0.15, 0.2) is 5.76 Å². The van der Waals surface area contributed by atoms with Crippen molar-refractivity contribution < 1.29 is 18.8 Å². The maximum absolute atomic E-state index is 11.4. The van der Waals surface area contributed by atoms with E-state index in [1.807, 2.05) is 5.43 Å². The summed E-state index contributed by atoms with van der Waals surface area (Å²) >= 11 is 0.937. The maximum atomic E-state index is 11.4. The number of amides is 3. The number of furan rings is 1. The number of hydrazine groups is 1. The monoisotopic (exact) mass is 255 g/mol. The summed E-state index contributed by atoms with van der Waals surface area (Å²) in [6, 6.07) is 1.52. The lowest BCUT2D eigenvalue weighted by molar-refractivity contribution is -0.125. The zero-order valence-corrected chi connectivity index (χ0v) is 9.45. The van der Waals surface area contributed by atoms with Crippen LogP contribution in [0.1, 0.15) is 16.1 Å². The summed E-state index contributed by atoms with van der Waals surface area (Å²) in [4.78, 5) is 35.1. The SMILES string of the molecule is NNC(=O)c1occc1CN1C(=O)CSC1=O. The maximum Gasteiger partial charge on any atom is 0.301 e. The molecule has 17 heavy (non-hydrogen) atoms. The minimum Gasteiger partial charge on any atom is -0.459 e. The normalized spacial score (nSPS) is 15.5. The van der Waals surface area contributed by atoms with Crippen molar-refractivity contribution in [3.63, 3.8) is 0 Å². The second-order valence-electron chi connectivity index (χ2n) is 3.28. The molecule has 3 amide bonds. The zero-order valence-electron chi connectivity index (χ0n) is 8.63. The quantitative estimate of drug-likeness (QED) is 0.450. The van der Waals surface area contributed by atoms with E-state index in [0.29, 0.717) is 5.56 Å². The molecule has 1 aromatic heterocycles. The highest BCUT2D eigenvalue weighted by atomic mass is 32.2. The highest BCUT2D eigenvalue weighted by Gasteiger charge is 2.31. The van der Waals surface area contributed by atoms with Gasteiger partial charge in [-0.25, -0.2) is 5.84 Å². The Morgan fingerprint density at radius 2 is 2.35 bits per heavy atom. The number of hydrogen-bond donors (Lipinski definition) is 2. The number of hydrogen-bond acceptors (Lipinski definition) is 6. The molecule has 1 aromatic rings. The molecule has 8 heteroatoms. The standard InChI is InChI=1S/C9H9N3O4S/c10-11-8(14)7-5(1-2-16-7)3-12-6(13)4-17-9(12)15/h1-2H,3-4,10H2,(H,11,14). The second kappa shape index (κ2) is 4.60. The van der Waals surface area contributed by atoms with Gasteiger partial charge in [0.1, 0.15) is 0 Å². The van der Waals surface area contributed by atoms with E-state index < -0.39 is 5.91 Å². The predicted octanol–water partition coefficient (Wildman–Crippen LogP) is 0.0785. The average molecular weight is 255 g/mol. The fraction of sp³-hybridized carbons (Fsp3) is 0.222. The molecule has 90 valence electrons. The molecule has 0 radical (unpaired) electrons. The van der Waals surface area contributed by atoms with Crippen molar-refractivity contribution >= 4 is 28.8 Å². The molecule has 0 aromatic carbocycles. The third-order valence-corrected chi connectivity index (χ3v) is 3.11. The van der Waals surface area contributed by atoms with Gasteiger partial charge in [-0.15, -0.1) is 0 Å². The molecule has 1 aliphatic rings. The summed E-state index contributed by atoms with van der Waals surface area (Å²) in [6.45, 7) is 0.0178. The van der Waals surface area contributed by atoms with Crippen LogP contribution in [-0.2, 0) is 11.3 Å². The Morgan fingerprint density at radius 1 is 1.59 bits per heavy atom. The van der Waals surface area contributed by atoms with Crippen LogP contribution in [0.5, 0.6) is 0 Å². The molecule has 1 saturated heterocycles. The fourth-order valence-corrected chi connectivity index (χ4v) is 2.15. The van der Waals surface area contributed by atoms with Gasteiger partial charge < -0.3 is 4.42 Å². The van der Waals surface area contributed by atoms with E-state index in [-0.39, 0.29) is 29.2 Å². The van der Waals surface area contributed by atoms with Gasteiger partial charge in [0, 0.05) is 5.56 Å². The van der Waals surface area contributed by atoms with Crippen molar-refractivity contribution in [2.45, 2.75) is 6.54 Å². The Labute approximate surface area is 100 Å². The van der Waals surface area contributed by atoms with Gasteiger partial charge in [-0.05, 0) is 6.07 Å². The molecule has 0 spiro atoms. The van der Waals surface area contributed by atoms with Gasteiger partial charge in [0.25, 0.3) is 5.24 Å². The van der Waals surface area contributed by atoms with Crippen molar-refractivity contribution in [1.82, 2.24) is 10.3 Å². The molecule has 1 fully saturated rings. The van der Waals surface area contributed by atoms with E-state index >= 15 is 0 Å². The first-order valence-electron chi connectivity index (χ1n) is 4.68. The first-order chi connectivity index (χ1) is 8.13. The lowest BCUT2D eigenvalue weighted by Crippen LogP contribution is -2.32. The van der Waals surface area contributed by atoms with Crippen LogP contribution in [0.4, 0.5) is 4.79 Å². The Morgan fingerprint density at radius 3 is 2.94 bits per heavy atom. The molecule has 1 aliphatic heterocycles. The first-order valence-corrected chi connectivity index (χ1v) is 5.66. The number of imide groups is 1. The summed E-state index contributed by atoms with van der Waals surface area (Å²) in [5, 5.41) is -0.324. The number of thioether (sulfide) groups is 1. The molecule has 7 nitrogen and oxygen atoms in total. The summed E-state index contributed by atoms with van der Waals surface area (Å²) in [5.74, 6) is 4.24. The predicted molar refractivity (Wildman–Crippen MR) is 58.8 cm³/mol. The van der Waals surface area contributed by atoms with Crippen molar-refractivity contribution in [3.8, 4) is 0 Å². The number of carbonyl (C=O) groups is 3. The lowest BCUT2D eigenvalue weighted by atomic mass is 10.2. The minimum absolute atomic E-state index is 0.00463. The van der Waals surface area contributed by atoms with Crippen LogP contribution in [0.2, 0.25) is 0 Å². The molecule has 2 rings (SSSR count). The smallest absolute Gasteiger partial charge is 0.301 e. The number of carbonyl (C=O) groups excluding carboxylic acids is 3. The molecular formula is C9H9N3O4S. The molecular weight excluding hydrogens is 246 g/mol. The lowest BCUT2D eigenvalue weighted by Gasteiger charge is -2.11. The van der Waals surface area contributed by atoms with Gasteiger partial charge in [0.05, 0.1) is 18.6 Å². The van der Waals surface area contributed by atoms with Gasteiger partial charge >= 0.3 is 5.91 Å². The third-order valence-electron chi connectivity index (χ3n) is 2.25. The summed E-state index contributed by atoms with van der Waals surface area (Å²) in [5.41, 5.74) is 2.37. The van der Waals surface area contributed by atoms with E-state index in [1.54, 1.807) is 0 Å². The van der Waals surface area contributed by atoms with Crippen LogP contribution >= 0.6 is 11.8 Å². The van der Waals surface area contributed by atoms with Crippen LogP contribution in [0.3, 0.4) is 0 Å². The molecule has 2 heterocycles. The molecule has 0 atom stereocenters. The van der Waals surface area contributed by atoms with Gasteiger partial charge in [-0.2, -0.15) is 0 Å². The minimum atomic E-state index is -0.600. The number of nitrogen functional groups attached to an aromatic ring is 1. The Balaban J connectivity index is 2.19. The summed E-state index contributed by atoms with van der Waals surface area (Å²) in [7, 11) is 0. The summed E-state index contributed by atoms with van der Waals surface area (Å²) in [6.07, 6.45) is 1.30. The first kappa shape index (κ1) is 11.7.